The standard InChI is InChI=1S/C24H28FN5O/c1-17-16-27-23(28-17)10-13-26-18-11-14-30(15-12-18)20-8-6-19(7-9-20)29-24(31)21-4-2-3-5-22(21)25/h2-9,16,18,26H,10-15H2,1H3,(H,27,28)(H,29,31). The molecule has 0 unspecified atom stereocenters. The highest BCUT2D eigenvalue weighted by Crippen LogP contribution is 2.22. The number of imidazole rings is 1. The second-order valence-electron chi connectivity index (χ2n) is 7.96. The molecule has 31 heavy (non-hydrogen) atoms. The predicted molar refractivity (Wildman–Crippen MR) is 121 cm³/mol. The number of anilines is 2. The van der Waals surface area contributed by atoms with Gasteiger partial charge >= 0.3 is 0 Å². The Bertz CT molecular complexity index is 1010. The number of amides is 1. The molecule has 3 N–H and O–H groups in total. The molecule has 1 saturated heterocycles. The Morgan fingerprint density at radius 2 is 1.90 bits per heavy atom. The second kappa shape index (κ2) is 9.75. The van der Waals surface area contributed by atoms with E-state index in [4.69, 9.17) is 0 Å². The van der Waals surface area contributed by atoms with Crippen LogP contribution in [0.2, 0.25) is 0 Å². The Balaban J connectivity index is 1.23. The van der Waals surface area contributed by atoms with Gasteiger partial charge in [-0.05, 0) is 56.2 Å². The van der Waals surface area contributed by atoms with Gasteiger partial charge in [-0.2, -0.15) is 0 Å². The number of hydrogen-bond donors (Lipinski definition) is 3. The third-order valence-corrected chi connectivity index (χ3v) is 5.65. The Morgan fingerprint density at radius 1 is 1.16 bits per heavy atom. The molecule has 0 bridgehead atoms. The fourth-order valence-corrected chi connectivity index (χ4v) is 3.93. The van der Waals surface area contributed by atoms with E-state index in [1.54, 1.807) is 12.1 Å². The molecule has 1 aliphatic rings. The summed E-state index contributed by atoms with van der Waals surface area (Å²) in [6, 6.07) is 14.2. The lowest BCUT2D eigenvalue weighted by Crippen LogP contribution is -2.43. The molecule has 1 aromatic heterocycles. The number of benzene rings is 2. The third kappa shape index (κ3) is 5.49. The van der Waals surface area contributed by atoms with E-state index in [1.165, 1.54) is 12.1 Å². The Labute approximate surface area is 181 Å². The minimum absolute atomic E-state index is 0.0448. The van der Waals surface area contributed by atoms with Crippen molar-refractivity contribution in [1.82, 2.24) is 15.3 Å². The number of piperidine rings is 1. The topological polar surface area (TPSA) is 73.1 Å². The average Bonchev–Trinajstić information content (AvgIpc) is 3.20. The quantitative estimate of drug-likeness (QED) is 0.541. The van der Waals surface area contributed by atoms with Crippen LogP contribution in [0.15, 0.2) is 54.7 Å². The lowest BCUT2D eigenvalue weighted by molar-refractivity contribution is 0.102. The van der Waals surface area contributed by atoms with Crippen LogP contribution in [0.4, 0.5) is 15.8 Å². The van der Waals surface area contributed by atoms with Crippen LogP contribution in [0.5, 0.6) is 0 Å². The molecule has 1 aliphatic heterocycles. The molecule has 3 aromatic rings. The lowest BCUT2D eigenvalue weighted by atomic mass is 10.0. The van der Waals surface area contributed by atoms with E-state index in [1.807, 2.05) is 37.4 Å². The van der Waals surface area contributed by atoms with E-state index < -0.39 is 11.7 Å². The van der Waals surface area contributed by atoms with Crippen LogP contribution in [0.3, 0.4) is 0 Å². The first-order valence-corrected chi connectivity index (χ1v) is 10.7. The first kappa shape index (κ1) is 21.1. The molecule has 0 atom stereocenters. The molecule has 2 heterocycles. The summed E-state index contributed by atoms with van der Waals surface area (Å²) >= 11 is 0. The number of carbonyl (C=O) groups is 1. The number of aromatic nitrogens is 2. The number of rotatable bonds is 7. The molecule has 162 valence electrons. The van der Waals surface area contributed by atoms with E-state index in [0.29, 0.717) is 11.7 Å². The maximum absolute atomic E-state index is 13.8. The van der Waals surface area contributed by atoms with Crippen LogP contribution in [-0.4, -0.2) is 41.6 Å². The van der Waals surface area contributed by atoms with Crippen LogP contribution in [0, 0.1) is 12.7 Å². The van der Waals surface area contributed by atoms with Crippen molar-refractivity contribution in [3.05, 3.63) is 77.6 Å². The number of aryl methyl sites for hydroxylation is 1. The fraction of sp³-hybridized carbons (Fsp3) is 0.333. The molecule has 0 spiro atoms. The van der Waals surface area contributed by atoms with Gasteiger partial charge < -0.3 is 20.5 Å². The lowest BCUT2D eigenvalue weighted by Gasteiger charge is -2.34. The van der Waals surface area contributed by atoms with Crippen molar-refractivity contribution in [2.75, 3.05) is 29.9 Å². The van der Waals surface area contributed by atoms with E-state index >= 15 is 0 Å². The molecule has 7 heteroatoms. The zero-order valence-electron chi connectivity index (χ0n) is 17.7. The van der Waals surface area contributed by atoms with Crippen molar-refractivity contribution in [2.45, 2.75) is 32.2 Å². The van der Waals surface area contributed by atoms with Crippen LogP contribution < -0.4 is 15.5 Å². The van der Waals surface area contributed by atoms with Gasteiger partial charge in [0.25, 0.3) is 5.91 Å². The van der Waals surface area contributed by atoms with Gasteiger partial charge in [-0.15, -0.1) is 0 Å². The molecular weight excluding hydrogens is 393 g/mol. The van der Waals surface area contributed by atoms with Gasteiger partial charge in [0, 0.05) is 55.4 Å². The molecule has 0 radical (unpaired) electrons. The van der Waals surface area contributed by atoms with E-state index in [9.17, 15) is 9.18 Å². The number of nitrogens with zero attached hydrogens (tertiary/aromatic N) is 2. The SMILES string of the molecule is Cc1cnc(CCNC2CCN(c3ccc(NC(=O)c4ccccc4F)cc3)CC2)[nH]1. The van der Waals surface area contributed by atoms with Gasteiger partial charge in [0.15, 0.2) is 0 Å². The second-order valence-corrected chi connectivity index (χ2v) is 7.96. The van der Waals surface area contributed by atoms with E-state index in [0.717, 1.165) is 56.1 Å². The zero-order chi connectivity index (χ0) is 21.6. The van der Waals surface area contributed by atoms with E-state index in [-0.39, 0.29) is 5.56 Å². The molecule has 1 amide bonds. The van der Waals surface area contributed by atoms with Gasteiger partial charge in [0.1, 0.15) is 11.6 Å². The Morgan fingerprint density at radius 3 is 2.58 bits per heavy atom. The third-order valence-electron chi connectivity index (χ3n) is 5.65. The number of H-pyrrole nitrogens is 1. The molecule has 0 aliphatic carbocycles. The van der Waals surface area contributed by atoms with Crippen molar-refractivity contribution >= 4 is 17.3 Å². The van der Waals surface area contributed by atoms with Crippen LogP contribution in [-0.2, 0) is 6.42 Å². The number of nitrogens with one attached hydrogen (secondary N) is 3. The maximum atomic E-state index is 13.8. The summed E-state index contributed by atoms with van der Waals surface area (Å²) in [6.07, 6.45) is 4.95. The highest BCUT2D eigenvalue weighted by atomic mass is 19.1. The van der Waals surface area contributed by atoms with Gasteiger partial charge in [-0.1, -0.05) is 12.1 Å². The molecular formula is C24H28FN5O. The van der Waals surface area contributed by atoms with Crippen molar-refractivity contribution in [1.29, 1.82) is 0 Å². The summed E-state index contributed by atoms with van der Waals surface area (Å²) in [6.45, 7) is 4.91. The summed E-state index contributed by atoms with van der Waals surface area (Å²) in [7, 11) is 0. The monoisotopic (exact) mass is 421 g/mol. The van der Waals surface area contributed by atoms with Gasteiger partial charge in [0.05, 0.1) is 5.56 Å². The summed E-state index contributed by atoms with van der Waals surface area (Å²) < 4.78 is 13.8. The van der Waals surface area contributed by atoms with Crippen molar-refractivity contribution in [3.63, 3.8) is 0 Å². The largest absolute Gasteiger partial charge is 0.371 e. The summed E-state index contributed by atoms with van der Waals surface area (Å²) in [5.74, 6) is 0.0689. The summed E-state index contributed by atoms with van der Waals surface area (Å²) in [5.41, 5.74) is 2.93. The van der Waals surface area contributed by atoms with Gasteiger partial charge in [-0.3, -0.25) is 4.79 Å². The first-order chi connectivity index (χ1) is 15.1. The first-order valence-electron chi connectivity index (χ1n) is 10.7. The molecule has 6 nitrogen and oxygen atoms in total. The van der Waals surface area contributed by atoms with Crippen molar-refractivity contribution in [3.8, 4) is 0 Å². The van der Waals surface area contributed by atoms with Crippen LogP contribution >= 0.6 is 0 Å². The van der Waals surface area contributed by atoms with Crippen LogP contribution in [0.25, 0.3) is 0 Å². The normalized spacial score (nSPS) is 14.6. The molecule has 4 rings (SSSR count). The summed E-state index contributed by atoms with van der Waals surface area (Å²) in [5, 5.41) is 6.40. The number of carbonyl (C=O) groups excluding carboxylic acids is 1. The summed E-state index contributed by atoms with van der Waals surface area (Å²) in [4.78, 5) is 22.2. The Hall–Kier alpha value is -3.19. The average molecular weight is 422 g/mol. The van der Waals surface area contributed by atoms with Gasteiger partial charge in [-0.25, -0.2) is 9.37 Å². The Kier molecular flexibility index (Phi) is 6.62. The van der Waals surface area contributed by atoms with E-state index in [2.05, 4.69) is 25.5 Å². The van der Waals surface area contributed by atoms with Crippen molar-refractivity contribution in [2.24, 2.45) is 0 Å². The van der Waals surface area contributed by atoms with Crippen molar-refractivity contribution < 1.29 is 9.18 Å². The number of hydrogen-bond acceptors (Lipinski definition) is 4. The smallest absolute Gasteiger partial charge is 0.258 e. The fourth-order valence-electron chi connectivity index (χ4n) is 3.93. The predicted octanol–water partition coefficient (Wildman–Crippen LogP) is 3.91. The minimum Gasteiger partial charge on any atom is -0.371 e. The zero-order valence-corrected chi connectivity index (χ0v) is 17.7. The molecule has 0 saturated carbocycles. The number of halogens is 1. The van der Waals surface area contributed by atoms with Crippen LogP contribution in [0.1, 0.15) is 34.7 Å². The maximum Gasteiger partial charge on any atom is 0.258 e. The minimum atomic E-state index is -0.521. The highest BCUT2D eigenvalue weighted by molar-refractivity contribution is 6.04. The van der Waals surface area contributed by atoms with Gasteiger partial charge in [0.2, 0.25) is 0 Å². The number of aromatic amines is 1. The molecule has 1 fully saturated rings. The highest BCUT2D eigenvalue weighted by Gasteiger charge is 2.19. The molecule has 2 aromatic carbocycles.